The van der Waals surface area contributed by atoms with Gasteiger partial charge >= 0.3 is 0 Å². The van der Waals surface area contributed by atoms with Gasteiger partial charge in [0.25, 0.3) is 17.3 Å². The predicted molar refractivity (Wildman–Crippen MR) is 166 cm³/mol. The SMILES string of the molecule is [C-]#[N+]c1nc2c3c4ccccc4c4ccccc4c3c3c(-c4ccccc4)cc(-c4ccccc4)n3c2nc1[N+]#[C-]. The molecular formula is C36H19N5. The lowest BCUT2D eigenvalue weighted by atomic mass is 9.92. The number of fused-ring (bicyclic) bond motifs is 11. The largest absolute Gasteiger partial charge is 0.370 e. The Morgan fingerprint density at radius 1 is 0.537 bits per heavy atom. The first-order valence-corrected chi connectivity index (χ1v) is 13.3. The molecule has 8 rings (SSSR count). The van der Waals surface area contributed by atoms with E-state index in [1.807, 2.05) is 30.3 Å². The Hall–Kier alpha value is -6.04. The molecule has 188 valence electrons. The van der Waals surface area contributed by atoms with Gasteiger partial charge in [-0.25, -0.2) is 0 Å². The molecule has 0 radical (unpaired) electrons. The molecule has 41 heavy (non-hydrogen) atoms. The highest BCUT2D eigenvalue weighted by atomic mass is 15.1. The summed E-state index contributed by atoms with van der Waals surface area (Å²) in [6, 6.07) is 39.6. The molecule has 0 unspecified atom stereocenters. The number of benzene rings is 5. The Morgan fingerprint density at radius 2 is 1.05 bits per heavy atom. The topological polar surface area (TPSA) is 38.9 Å². The first-order chi connectivity index (χ1) is 20.3. The number of rotatable bonds is 2. The van der Waals surface area contributed by atoms with Gasteiger partial charge in [0.1, 0.15) is 0 Å². The van der Waals surface area contributed by atoms with E-state index in [0.29, 0.717) is 11.2 Å². The van der Waals surface area contributed by atoms with E-state index in [0.717, 1.165) is 60.2 Å². The maximum atomic E-state index is 7.80. The van der Waals surface area contributed by atoms with Crippen LogP contribution in [0, 0.1) is 13.1 Å². The fraction of sp³-hybridized carbons (Fsp3) is 0. The summed E-state index contributed by atoms with van der Waals surface area (Å²) < 4.78 is 2.14. The lowest BCUT2D eigenvalue weighted by Crippen LogP contribution is -1.99. The molecule has 0 saturated heterocycles. The highest BCUT2D eigenvalue weighted by Crippen LogP contribution is 2.46. The molecule has 8 aromatic rings. The van der Waals surface area contributed by atoms with E-state index < -0.39 is 0 Å². The van der Waals surface area contributed by atoms with Crippen LogP contribution in [0.2, 0.25) is 0 Å². The highest BCUT2D eigenvalue weighted by Gasteiger charge is 2.27. The van der Waals surface area contributed by atoms with Crippen molar-refractivity contribution in [3.05, 3.63) is 138 Å². The predicted octanol–water partition coefficient (Wildman–Crippen LogP) is 9.78. The molecule has 0 saturated carbocycles. The lowest BCUT2D eigenvalue weighted by Gasteiger charge is -2.14. The molecule has 3 aromatic heterocycles. The van der Waals surface area contributed by atoms with Crippen molar-refractivity contribution >= 4 is 60.6 Å². The maximum absolute atomic E-state index is 7.80. The van der Waals surface area contributed by atoms with Gasteiger partial charge in [0, 0.05) is 16.3 Å². The molecule has 0 bridgehead atoms. The van der Waals surface area contributed by atoms with E-state index >= 15 is 0 Å². The number of nitrogens with zero attached hydrogens (tertiary/aromatic N) is 5. The van der Waals surface area contributed by atoms with Gasteiger partial charge in [0.15, 0.2) is 0 Å². The smallest absolute Gasteiger partial charge is 0.295 e. The first kappa shape index (κ1) is 22.9. The third kappa shape index (κ3) is 3.21. The Bertz CT molecular complexity index is 2430. The Morgan fingerprint density at radius 3 is 1.66 bits per heavy atom. The van der Waals surface area contributed by atoms with Crippen molar-refractivity contribution in [1.82, 2.24) is 14.4 Å². The number of hydrogen-bond donors (Lipinski definition) is 0. The molecular weight excluding hydrogens is 502 g/mol. The van der Waals surface area contributed by atoms with Crippen molar-refractivity contribution in [2.75, 3.05) is 0 Å². The Balaban J connectivity index is 1.78. The van der Waals surface area contributed by atoms with Crippen LogP contribution < -0.4 is 0 Å². The third-order valence-electron chi connectivity index (χ3n) is 7.83. The molecule has 5 aromatic carbocycles. The summed E-state index contributed by atoms with van der Waals surface area (Å²) in [7, 11) is 0. The summed E-state index contributed by atoms with van der Waals surface area (Å²) in [6.07, 6.45) is 0. The molecule has 3 heterocycles. The molecule has 0 fully saturated rings. The third-order valence-corrected chi connectivity index (χ3v) is 7.83. The van der Waals surface area contributed by atoms with E-state index in [1.54, 1.807) is 0 Å². The van der Waals surface area contributed by atoms with E-state index in [1.165, 1.54) is 0 Å². The zero-order chi connectivity index (χ0) is 27.5. The van der Waals surface area contributed by atoms with Crippen molar-refractivity contribution in [3.8, 4) is 22.4 Å². The zero-order valence-electron chi connectivity index (χ0n) is 21.7. The quantitative estimate of drug-likeness (QED) is 0.168. The standard InChI is InChI=1S/C36H19N5/c1-37-34-35(38-2)40-36-32(39-34)30-26-19-11-9-17-24(26)25-18-10-12-20-27(25)31(30)33-28(22-13-5-3-6-14-22)21-29(41(33)36)23-15-7-4-8-16-23/h3-21H. The van der Waals surface area contributed by atoms with Gasteiger partial charge < -0.3 is 9.69 Å². The second-order valence-corrected chi connectivity index (χ2v) is 9.97. The molecule has 0 atom stereocenters. The molecule has 0 aliphatic rings. The summed E-state index contributed by atoms with van der Waals surface area (Å²) in [6.45, 7) is 15.6. The lowest BCUT2D eigenvalue weighted by molar-refractivity contribution is 1.20. The van der Waals surface area contributed by atoms with Crippen LogP contribution in [0.1, 0.15) is 0 Å². The van der Waals surface area contributed by atoms with Gasteiger partial charge in [-0.05, 0) is 38.7 Å². The number of pyridine rings is 1. The maximum Gasteiger partial charge on any atom is 0.295 e. The van der Waals surface area contributed by atoms with Crippen LogP contribution >= 0.6 is 0 Å². The van der Waals surface area contributed by atoms with Crippen molar-refractivity contribution in [1.29, 1.82) is 0 Å². The normalized spacial score (nSPS) is 11.4. The highest BCUT2D eigenvalue weighted by molar-refractivity contribution is 6.35. The molecule has 5 heteroatoms. The van der Waals surface area contributed by atoms with Gasteiger partial charge in [-0.2, -0.15) is 0 Å². The second kappa shape index (κ2) is 8.74. The summed E-state index contributed by atoms with van der Waals surface area (Å²) >= 11 is 0. The van der Waals surface area contributed by atoms with Crippen LogP contribution in [0.4, 0.5) is 11.6 Å². The Labute approximate surface area is 235 Å². The summed E-state index contributed by atoms with van der Waals surface area (Å²) in [4.78, 5) is 16.9. The van der Waals surface area contributed by atoms with E-state index in [9.17, 15) is 0 Å². The van der Waals surface area contributed by atoms with Gasteiger partial charge in [-0.3, -0.25) is 4.40 Å². The van der Waals surface area contributed by atoms with Crippen LogP contribution in [-0.4, -0.2) is 14.4 Å². The molecule has 0 amide bonds. The van der Waals surface area contributed by atoms with Crippen molar-refractivity contribution in [3.63, 3.8) is 0 Å². The Kier molecular flexibility index (Phi) is 4.88. The summed E-state index contributed by atoms with van der Waals surface area (Å²) in [5, 5.41) is 6.38. The van der Waals surface area contributed by atoms with Crippen molar-refractivity contribution in [2.45, 2.75) is 0 Å². The summed E-state index contributed by atoms with van der Waals surface area (Å²) in [5.74, 6) is 0.0225. The van der Waals surface area contributed by atoms with Gasteiger partial charge in [0.05, 0.1) is 11.2 Å². The first-order valence-electron chi connectivity index (χ1n) is 13.3. The minimum atomic E-state index is 0.00668. The van der Waals surface area contributed by atoms with Crippen LogP contribution in [-0.2, 0) is 0 Å². The van der Waals surface area contributed by atoms with E-state index in [-0.39, 0.29) is 11.6 Å². The molecule has 0 N–H and O–H groups in total. The van der Waals surface area contributed by atoms with Crippen LogP contribution in [0.15, 0.2) is 115 Å². The van der Waals surface area contributed by atoms with Gasteiger partial charge in [0.2, 0.25) is 5.52 Å². The zero-order valence-corrected chi connectivity index (χ0v) is 21.7. The molecule has 0 spiro atoms. The van der Waals surface area contributed by atoms with Crippen molar-refractivity contribution in [2.24, 2.45) is 0 Å². The van der Waals surface area contributed by atoms with Gasteiger partial charge in [-0.15, -0.1) is 9.97 Å². The second-order valence-electron chi connectivity index (χ2n) is 9.97. The molecule has 5 nitrogen and oxygen atoms in total. The minimum Gasteiger partial charge on any atom is -0.370 e. The molecule has 0 aliphatic carbocycles. The summed E-state index contributed by atoms with van der Waals surface area (Å²) in [5.41, 5.74) is 6.30. The fourth-order valence-corrected chi connectivity index (χ4v) is 6.15. The van der Waals surface area contributed by atoms with Crippen LogP contribution in [0.3, 0.4) is 0 Å². The number of hydrogen-bond acceptors (Lipinski definition) is 2. The van der Waals surface area contributed by atoms with Gasteiger partial charge in [-0.1, -0.05) is 122 Å². The minimum absolute atomic E-state index is 0.00668. The van der Waals surface area contributed by atoms with E-state index in [4.69, 9.17) is 23.1 Å². The fourth-order valence-electron chi connectivity index (χ4n) is 6.15. The average molecular weight is 522 g/mol. The van der Waals surface area contributed by atoms with Crippen molar-refractivity contribution < 1.29 is 0 Å². The van der Waals surface area contributed by atoms with Crippen LogP contribution in [0.5, 0.6) is 0 Å². The number of aromatic nitrogens is 3. The van der Waals surface area contributed by atoms with E-state index in [2.05, 4.69) is 99.0 Å². The monoisotopic (exact) mass is 521 g/mol. The average Bonchev–Trinajstić information content (AvgIpc) is 3.45. The molecule has 0 aliphatic heterocycles. The van der Waals surface area contributed by atoms with Crippen LogP contribution in [0.25, 0.3) is 81.1 Å².